The van der Waals surface area contributed by atoms with Gasteiger partial charge in [-0.15, -0.1) is 12.6 Å². The Morgan fingerprint density at radius 1 is 1.44 bits per heavy atom. The first-order chi connectivity index (χ1) is 8.39. The number of piperidine rings is 1. The number of benzene rings is 1. The minimum Gasteiger partial charge on any atom is -0.390 e. The van der Waals surface area contributed by atoms with E-state index in [2.05, 4.69) is 12.6 Å². The van der Waals surface area contributed by atoms with E-state index in [1.54, 1.807) is 30.0 Å². The molecule has 1 aliphatic rings. The predicted octanol–water partition coefficient (Wildman–Crippen LogP) is 2.62. The number of hydrogen-bond donors (Lipinski definition) is 2. The van der Waals surface area contributed by atoms with Crippen LogP contribution in [0.25, 0.3) is 0 Å². The van der Waals surface area contributed by atoms with Gasteiger partial charge in [-0.25, -0.2) is 0 Å². The molecule has 98 valence electrons. The molecule has 1 aromatic rings. The highest BCUT2D eigenvalue weighted by Crippen LogP contribution is 2.25. The van der Waals surface area contributed by atoms with Gasteiger partial charge in [0.1, 0.15) is 0 Å². The molecule has 1 amide bonds. The third-order valence-electron chi connectivity index (χ3n) is 3.31. The number of carbonyl (C=O) groups excluding carboxylic acids is 1. The van der Waals surface area contributed by atoms with Gasteiger partial charge < -0.3 is 10.0 Å². The Bertz CT molecular complexity index is 466. The van der Waals surface area contributed by atoms with Crippen molar-refractivity contribution in [2.75, 3.05) is 13.1 Å². The highest BCUT2D eigenvalue weighted by Gasteiger charge is 2.30. The lowest BCUT2D eigenvalue weighted by molar-refractivity contribution is -0.00202. The normalized spacial score (nSPS) is 18.8. The summed E-state index contributed by atoms with van der Waals surface area (Å²) in [5.41, 5.74) is -0.183. The van der Waals surface area contributed by atoms with Crippen LogP contribution in [-0.2, 0) is 0 Å². The molecular weight excluding hydrogens is 270 g/mol. The Kier molecular flexibility index (Phi) is 3.90. The van der Waals surface area contributed by atoms with Gasteiger partial charge in [0.2, 0.25) is 0 Å². The number of thiol groups is 1. The lowest BCUT2D eigenvalue weighted by Gasteiger charge is -2.35. The smallest absolute Gasteiger partial charge is 0.255 e. The quantitative estimate of drug-likeness (QED) is 0.779. The van der Waals surface area contributed by atoms with E-state index in [1.165, 1.54) is 0 Å². The van der Waals surface area contributed by atoms with E-state index >= 15 is 0 Å². The molecule has 0 spiro atoms. The minimum absolute atomic E-state index is 0.0913. The van der Waals surface area contributed by atoms with Crippen molar-refractivity contribution in [2.24, 2.45) is 0 Å². The fraction of sp³-hybridized carbons (Fsp3) is 0.462. The summed E-state index contributed by atoms with van der Waals surface area (Å²) in [6.07, 6.45) is 1.19. The lowest BCUT2D eigenvalue weighted by Crippen LogP contribution is -2.45. The van der Waals surface area contributed by atoms with Gasteiger partial charge in [-0.1, -0.05) is 11.6 Å². The number of likely N-dealkylation sites (tertiary alicyclic amines) is 1. The summed E-state index contributed by atoms with van der Waals surface area (Å²) in [6, 6.07) is 5.11. The number of rotatable bonds is 1. The van der Waals surface area contributed by atoms with Crippen molar-refractivity contribution in [1.82, 2.24) is 4.90 Å². The highest BCUT2D eigenvalue weighted by molar-refractivity contribution is 7.80. The molecule has 0 atom stereocenters. The summed E-state index contributed by atoms with van der Waals surface area (Å²) < 4.78 is 0. The largest absolute Gasteiger partial charge is 0.390 e. The van der Waals surface area contributed by atoms with Gasteiger partial charge in [-0.05, 0) is 38.0 Å². The molecule has 1 heterocycles. The molecular formula is C13H16ClNO2S. The van der Waals surface area contributed by atoms with Gasteiger partial charge in [0.05, 0.1) is 16.2 Å². The van der Waals surface area contributed by atoms with Gasteiger partial charge in [-0.3, -0.25) is 4.79 Å². The van der Waals surface area contributed by atoms with Gasteiger partial charge in [0.15, 0.2) is 0 Å². The first-order valence-electron chi connectivity index (χ1n) is 5.89. The van der Waals surface area contributed by atoms with Crippen LogP contribution in [-0.4, -0.2) is 34.6 Å². The minimum atomic E-state index is -0.661. The van der Waals surface area contributed by atoms with Crippen LogP contribution in [0.15, 0.2) is 23.1 Å². The number of halogens is 1. The van der Waals surface area contributed by atoms with Crippen molar-refractivity contribution in [2.45, 2.75) is 30.3 Å². The third kappa shape index (κ3) is 2.99. The maximum absolute atomic E-state index is 12.3. The molecule has 0 aliphatic carbocycles. The van der Waals surface area contributed by atoms with E-state index in [0.717, 1.165) is 0 Å². The van der Waals surface area contributed by atoms with Crippen LogP contribution in [0, 0.1) is 0 Å². The molecule has 5 heteroatoms. The Labute approximate surface area is 117 Å². The van der Waals surface area contributed by atoms with Crippen molar-refractivity contribution < 1.29 is 9.90 Å². The second kappa shape index (κ2) is 5.11. The standard InChI is InChI=1S/C13H16ClNO2S/c1-13(17)4-6-15(7-5-13)12(16)10-8-9(18)2-3-11(10)14/h2-3,8,17-18H,4-7H2,1H3. The van der Waals surface area contributed by atoms with Crippen molar-refractivity contribution in [3.05, 3.63) is 28.8 Å². The first kappa shape index (κ1) is 13.7. The van der Waals surface area contributed by atoms with E-state index in [4.69, 9.17) is 11.6 Å². The average Bonchev–Trinajstić information content (AvgIpc) is 2.31. The molecule has 18 heavy (non-hydrogen) atoms. The molecule has 1 N–H and O–H groups in total. The summed E-state index contributed by atoms with van der Waals surface area (Å²) in [6.45, 7) is 2.91. The van der Waals surface area contributed by atoms with Crippen molar-refractivity contribution in [3.63, 3.8) is 0 Å². The Morgan fingerprint density at radius 2 is 2.06 bits per heavy atom. The first-order valence-corrected chi connectivity index (χ1v) is 6.72. The molecule has 3 nitrogen and oxygen atoms in total. The van der Waals surface area contributed by atoms with Crippen LogP contribution in [0.1, 0.15) is 30.1 Å². The van der Waals surface area contributed by atoms with Gasteiger partial charge >= 0.3 is 0 Å². The topological polar surface area (TPSA) is 40.5 Å². The third-order valence-corrected chi connectivity index (χ3v) is 3.92. The van der Waals surface area contributed by atoms with E-state index in [0.29, 0.717) is 41.4 Å². The van der Waals surface area contributed by atoms with E-state index in [1.807, 2.05) is 0 Å². The van der Waals surface area contributed by atoms with E-state index in [-0.39, 0.29) is 5.91 Å². The molecule has 1 aromatic carbocycles. The summed E-state index contributed by atoms with van der Waals surface area (Å²) in [5.74, 6) is -0.0913. The van der Waals surface area contributed by atoms with Crippen molar-refractivity contribution >= 4 is 30.1 Å². The second-order valence-corrected chi connectivity index (χ2v) is 5.88. The summed E-state index contributed by atoms with van der Waals surface area (Å²) in [7, 11) is 0. The molecule has 1 saturated heterocycles. The lowest BCUT2D eigenvalue weighted by atomic mass is 9.93. The van der Waals surface area contributed by atoms with Gasteiger partial charge in [0, 0.05) is 18.0 Å². The molecule has 0 aromatic heterocycles. The molecule has 0 saturated carbocycles. The van der Waals surface area contributed by atoms with E-state index in [9.17, 15) is 9.90 Å². The molecule has 1 aliphatic heterocycles. The summed E-state index contributed by atoms with van der Waals surface area (Å²) >= 11 is 10.3. The molecule has 0 radical (unpaired) electrons. The zero-order valence-corrected chi connectivity index (χ0v) is 11.8. The zero-order chi connectivity index (χ0) is 13.3. The number of amides is 1. The molecule has 1 fully saturated rings. The fourth-order valence-corrected chi connectivity index (χ4v) is 2.44. The number of aliphatic hydroxyl groups is 1. The fourth-order valence-electron chi connectivity index (χ4n) is 2.04. The van der Waals surface area contributed by atoms with Crippen LogP contribution >= 0.6 is 24.2 Å². The van der Waals surface area contributed by atoms with Crippen LogP contribution < -0.4 is 0 Å². The van der Waals surface area contributed by atoms with Gasteiger partial charge in [-0.2, -0.15) is 0 Å². The van der Waals surface area contributed by atoms with Crippen LogP contribution in [0.2, 0.25) is 5.02 Å². The SMILES string of the molecule is CC1(O)CCN(C(=O)c2cc(S)ccc2Cl)CC1. The molecule has 0 bridgehead atoms. The maximum Gasteiger partial charge on any atom is 0.255 e. The van der Waals surface area contributed by atoms with Crippen LogP contribution in [0.5, 0.6) is 0 Å². The second-order valence-electron chi connectivity index (χ2n) is 4.95. The van der Waals surface area contributed by atoms with Crippen molar-refractivity contribution in [3.8, 4) is 0 Å². The Balaban J connectivity index is 2.15. The summed E-state index contributed by atoms with van der Waals surface area (Å²) in [5, 5.41) is 10.3. The Hall–Kier alpha value is -0.710. The van der Waals surface area contributed by atoms with Crippen LogP contribution in [0.4, 0.5) is 0 Å². The monoisotopic (exact) mass is 285 g/mol. The average molecular weight is 286 g/mol. The predicted molar refractivity (Wildman–Crippen MR) is 74.5 cm³/mol. The highest BCUT2D eigenvalue weighted by atomic mass is 35.5. The molecule has 0 unspecified atom stereocenters. The van der Waals surface area contributed by atoms with E-state index < -0.39 is 5.60 Å². The Morgan fingerprint density at radius 3 is 2.67 bits per heavy atom. The number of nitrogens with zero attached hydrogens (tertiary/aromatic N) is 1. The molecule has 2 rings (SSSR count). The van der Waals surface area contributed by atoms with Crippen LogP contribution in [0.3, 0.4) is 0 Å². The number of hydrogen-bond acceptors (Lipinski definition) is 3. The summed E-state index contributed by atoms with van der Waals surface area (Å²) in [4.78, 5) is 14.8. The maximum atomic E-state index is 12.3. The van der Waals surface area contributed by atoms with Crippen molar-refractivity contribution in [1.29, 1.82) is 0 Å². The zero-order valence-electron chi connectivity index (χ0n) is 10.2. The number of carbonyl (C=O) groups is 1. The van der Waals surface area contributed by atoms with Gasteiger partial charge in [0.25, 0.3) is 5.91 Å².